The van der Waals surface area contributed by atoms with Crippen LogP contribution in [0.1, 0.15) is 19.8 Å². The van der Waals surface area contributed by atoms with E-state index in [2.05, 4.69) is 4.72 Å². The van der Waals surface area contributed by atoms with Gasteiger partial charge < -0.3 is 5.73 Å². The van der Waals surface area contributed by atoms with Crippen LogP contribution in [0.4, 0.5) is 10.1 Å². The predicted octanol–water partition coefficient (Wildman–Crippen LogP) is 1.73. The molecule has 0 heterocycles. The Balaban J connectivity index is 2.11. The first-order chi connectivity index (χ1) is 8.40. The molecule has 1 aromatic rings. The molecule has 6 heteroatoms. The van der Waals surface area contributed by atoms with E-state index in [9.17, 15) is 12.8 Å². The maximum Gasteiger partial charge on any atom is 0.243 e. The number of halogens is 1. The van der Waals surface area contributed by atoms with Crippen LogP contribution < -0.4 is 10.5 Å². The minimum atomic E-state index is -3.82. The molecule has 3 N–H and O–H groups in total. The molecule has 1 atom stereocenters. The van der Waals surface area contributed by atoms with Crippen molar-refractivity contribution in [3.8, 4) is 0 Å². The lowest BCUT2D eigenvalue weighted by Crippen LogP contribution is -2.29. The van der Waals surface area contributed by atoms with Crippen LogP contribution in [0.2, 0.25) is 0 Å². The Morgan fingerprint density at radius 2 is 2.17 bits per heavy atom. The van der Waals surface area contributed by atoms with Crippen molar-refractivity contribution in [2.45, 2.75) is 24.7 Å². The smallest absolute Gasteiger partial charge is 0.243 e. The van der Waals surface area contributed by atoms with E-state index in [-0.39, 0.29) is 16.5 Å². The molecule has 1 unspecified atom stereocenters. The maximum absolute atomic E-state index is 13.5. The number of hydrogen-bond acceptors (Lipinski definition) is 3. The zero-order chi connectivity index (χ0) is 13.3. The maximum atomic E-state index is 13.5. The highest BCUT2D eigenvalue weighted by Gasteiger charge is 2.29. The quantitative estimate of drug-likeness (QED) is 0.802. The largest absolute Gasteiger partial charge is 0.399 e. The normalized spacial score (nSPS) is 17.7. The molecule has 1 fully saturated rings. The fourth-order valence-electron chi connectivity index (χ4n) is 1.88. The number of nitrogens with two attached hydrogens (primary N) is 1. The molecule has 0 saturated heterocycles. The molecule has 1 saturated carbocycles. The van der Waals surface area contributed by atoms with E-state index in [1.54, 1.807) is 0 Å². The van der Waals surface area contributed by atoms with Crippen molar-refractivity contribution in [3.05, 3.63) is 24.0 Å². The molecule has 1 aliphatic carbocycles. The average Bonchev–Trinajstić information content (AvgIpc) is 3.13. The first-order valence-electron chi connectivity index (χ1n) is 5.95. The Kier molecular flexibility index (Phi) is 3.59. The molecule has 18 heavy (non-hydrogen) atoms. The summed E-state index contributed by atoms with van der Waals surface area (Å²) in [6.45, 7) is 2.33. The van der Waals surface area contributed by atoms with Gasteiger partial charge in [-0.2, -0.15) is 0 Å². The van der Waals surface area contributed by atoms with E-state index in [0.717, 1.165) is 25.0 Å². The van der Waals surface area contributed by atoms with Crippen LogP contribution in [0.25, 0.3) is 0 Å². The van der Waals surface area contributed by atoms with Crippen LogP contribution in [-0.2, 0) is 10.0 Å². The van der Waals surface area contributed by atoms with Crippen LogP contribution in [0.5, 0.6) is 0 Å². The number of benzene rings is 1. The van der Waals surface area contributed by atoms with Gasteiger partial charge in [-0.1, -0.05) is 6.92 Å². The first kappa shape index (κ1) is 13.3. The molecule has 1 aromatic carbocycles. The van der Waals surface area contributed by atoms with Crippen LogP contribution >= 0.6 is 0 Å². The molecule has 1 aliphatic rings. The second-order valence-corrected chi connectivity index (χ2v) is 6.59. The van der Waals surface area contributed by atoms with Gasteiger partial charge in [0.2, 0.25) is 10.0 Å². The molecule has 0 amide bonds. The van der Waals surface area contributed by atoms with Crippen LogP contribution in [0.3, 0.4) is 0 Å². The number of rotatable bonds is 5. The van der Waals surface area contributed by atoms with Crippen LogP contribution in [-0.4, -0.2) is 15.0 Å². The van der Waals surface area contributed by atoms with Crippen LogP contribution in [0, 0.1) is 17.7 Å². The van der Waals surface area contributed by atoms with Crippen molar-refractivity contribution in [1.82, 2.24) is 4.72 Å². The first-order valence-corrected chi connectivity index (χ1v) is 7.43. The fraction of sp³-hybridized carbons (Fsp3) is 0.500. The molecule has 0 aliphatic heterocycles. The Labute approximate surface area is 106 Å². The van der Waals surface area contributed by atoms with Gasteiger partial charge in [0.05, 0.1) is 0 Å². The highest BCUT2D eigenvalue weighted by molar-refractivity contribution is 7.89. The third kappa shape index (κ3) is 3.00. The Morgan fingerprint density at radius 1 is 1.50 bits per heavy atom. The fourth-order valence-corrected chi connectivity index (χ4v) is 3.13. The van der Waals surface area contributed by atoms with Gasteiger partial charge in [0.1, 0.15) is 10.7 Å². The lowest BCUT2D eigenvalue weighted by Gasteiger charge is -2.12. The second-order valence-electron chi connectivity index (χ2n) is 4.86. The summed E-state index contributed by atoms with van der Waals surface area (Å²) in [5, 5.41) is 0. The number of anilines is 1. The topological polar surface area (TPSA) is 72.2 Å². The van der Waals surface area contributed by atoms with Gasteiger partial charge in [-0.15, -0.1) is 0 Å². The lowest BCUT2D eigenvalue weighted by molar-refractivity contribution is 0.489. The van der Waals surface area contributed by atoms with E-state index >= 15 is 0 Å². The Bertz CT molecular complexity index is 541. The van der Waals surface area contributed by atoms with E-state index in [4.69, 9.17) is 5.73 Å². The number of hydrogen-bond donors (Lipinski definition) is 2. The zero-order valence-electron chi connectivity index (χ0n) is 10.2. The minimum absolute atomic E-state index is 0.229. The summed E-state index contributed by atoms with van der Waals surface area (Å²) < 4.78 is 39.8. The molecular formula is C12H17FN2O2S. The molecule has 0 radical (unpaired) electrons. The number of nitrogen functional groups attached to an aromatic ring is 1. The molecule has 0 bridgehead atoms. The van der Waals surface area contributed by atoms with E-state index in [1.165, 1.54) is 6.07 Å². The van der Waals surface area contributed by atoms with Gasteiger partial charge in [-0.3, -0.25) is 0 Å². The van der Waals surface area contributed by atoms with E-state index < -0.39 is 15.8 Å². The van der Waals surface area contributed by atoms with Gasteiger partial charge in [0.15, 0.2) is 0 Å². The zero-order valence-corrected chi connectivity index (χ0v) is 11.0. The Hall–Kier alpha value is -1.14. The third-order valence-electron chi connectivity index (χ3n) is 3.27. The summed E-state index contributed by atoms with van der Waals surface area (Å²) in [4.78, 5) is -0.384. The van der Waals surface area contributed by atoms with Crippen LogP contribution in [0.15, 0.2) is 23.1 Å². The van der Waals surface area contributed by atoms with Gasteiger partial charge in [0.25, 0.3) is 0 Å². The van der Waals surface area contributed by atoms with Crippen molar-refractivity contribution >= 4 is 15.7 Å². The molecule has 0 aromatic heterocycles. The van der Waals surface area contributed by atoms with Crippen molar-refractivity contribution in [3.63, 3.8) is 0 Å². The van der Waals surface area contributed by atoms with Crippen molar-refractivity contribution in [2.24, 2.45) is 11.8 Å². The van der Waals surface area contributed by atoms with Gasteiger partial charge >= 0.3 is 0 Å². The third-order valence-corrected chi connectivity index (χ3v) is 4.71. The van der Waals surface area contributed by atoms with Gasteiger partial charge in [-0.05, 0) is 42.9 Å². The summed E-state index contributed by atoms with van der Waals surface area (Å²) in [7, 11) is -3.82. The molecular weight excluding hydrogens is 255 g/mol. The molecule has 4 nitrogen and oxygen atoms in total. The van der Waals surface area contributed by atoms with Gasteiger partial charge in [0, 0.05) is 12.2 Å². The van der Waals surface area contributed by atoms with Gasteiger partial charge in [-0.25, -0.2) is 17.5 Å². The number of nitrogens with one attached hydrogen (secondary N) is 1. The summed E-state index contributed by atoms with van der Waals surface area (Å²) in [5.74, 6) is 0.0954. The minimum Gasteiger partial charge on any atom is -0.399 e. The Morgan fingerprint density at radius 3 is 2.78 bits per heavy atom. The predicted molar refractivity (Wildman–Crippen MR) is 67.9 cm³/mol. The highest BCUT2D eigenvalue weighted by Crippen LogP contribution is 2.36. The second kappa shape index (κ2) is 4.85. The monoisotopic (exact) mass is 272 g/mol. The van der Waals surface area contributed by atoms with Crippen molar-refractivity contribution < 1.29 is 12.8 Å². The summed E-state index contributed by atoms with van der Waals surface area (Å²) >= 11 is 0. The molecule has 100 valence electrons. The number of sulfonamides is 1. The standard InChI is InChI=1S/C12H17FN2O2S/c1-8(9-2-3-9)7-15-18(16,17)12-6-10(14)4-5-11(12)13/h4-6,8-9,15H,2-3,7,14H2,1H3. The van der Waals surface area contributed by atoms with E-state index in [1.807, 2.05) is 6.92 Å². The van der Waals surface area contributed by atoms with E-state index in [0.29, 0.717) is 12.5 Å². The van der Waals surface area contributed by atoms with Crippen molar-refractivity contribution in [2.75, 3.05) is 12.3 Å². The summed E-state index contributed by atoms with van der Waals surface area (Å²) in [6, 6.07) is 3.54. The highest BCUT2D eigenvalue weighted by atomic mass is 32.2. The summed E-state index contributed by atoms with van der Waals surface area (Å²) in [6.07, 6.45) is 2.30. The average molecular weight is 272 g/mol. The summed E-state index contributed by atoms with van der Waals surface area (Å²) in [5.41, 5.74) is 5.71. The van der Waals surface area contributed by atoms with Crippen molar-refractivity contribution in [1.29, 1.82) is 0 Å². The molecule has 2 rings (SSSR count). The lowest BCUT2D eigenvalue weighted by atomic mass is 10.1. The SMILES string of the molecule is CC(CNS(=O)(=O)c1cc(N)ccc1F)C1CC1. The molecule has 0 spiro atoms.